The lowest BCUT2D eigenvalue weighted by Crippen LogP contribution is -2.17. The second kappa shape index (κ2) is 7.07. The SMILES string of the molecule is O=C(O)CCCCc1cn(CCOC(F)(F)F)nn1. The van der Waals surface area contributed by atoms with E-state index in [2.05, 4.69) is 15.0 Å². The van der Waals surface area contributed by atoms with Crippen molar-refractivity contribution in [3.63, 3.8) is 0 Å². The monoisotopic (exact) mass is 281 g/mol. The Balaban J connectivity index is 2.22. The Kier molecular flexibility index (Phi) is 5.74. The van der Waals surface area contributed by atoms with E-state index in [1.165, 1.54) is 10.9 Å². The molecular formula is C10H14F3N3O3. The number of halogens is 3. The first kappa shape index (κ1) is 15.4. The Morgan fingerprint density at radius 3 is 2.79 bits per heavy atom. The van der Waals surface area contributed by atoms with E-state index >= 15 is 0 Å². The molecular weight excluding hydrogens is 267 g/mol. The number of aryl methyl sites for hydroxylation is 1. The van der Waals surface area contributed by atoms with Crippen molar-refractivity contribution in [3.8, 4) is 0 Å². The average molecular weight is 281 g/mol. The van der Waals surface area contributed by atoms with E-state index in [1.54, 1.807) is 0 Å². The first-order valence-electron chi connectivity index (χ1n) is 5.68. The number of aromatic nitrogens is 3. The van der Waals surface area contributed by atoms with Gasteiger partial charge in [-0.05, 0) is 19.3 Å². The van der Waals surface area contributed by atoms with E-state index in [0.29, 0.717) is 25.0 Å². The molecule has 0 aliphatic rings. The molecule has 1 rings (SSSR count). The van der Waals surface area contributed by atoms with Gasteiger partial charge in [-0.3, -0.25) is 9.53 Å². The predicted molar refractivity (Wildman–Crippen MR) is 57.2 cm³/mol. The molecule has 0 saturated carbocycles. The van der Waals surface area contributed by atoms with Crippen molar-refractivity contribution < 1.29 is 27.8 Å². The summed E-state index contributed by atoms with van der Waals surface area (Å²) >= 11 is 0. The molecule has 0 radical (unpaired) electrons. The van der Waals surface area contributed by atoms with Gasteiger partial charge in [-0.2, -0.15) is 0 Å². The minimum absolute atomic E-state index is 0.0400. The number of hydrogen-bond donors (Lipinski definition) is 1. The lowest BCUT2D eigenvalue weighted by atomic mass is 10.1. The number of nitrogens with zero attached hydrogens (tertiary/aromatic N) is 3. The molecule has 19 heavy (non-hydrogen) atoms. The number of carboxylic acid groups (broad SMARTS) is 1. The Labute approximate surface area is 107 Å². The summed E-state index contributed by atoms with van der Waals surface area (Å²) in [5, 5.41) is 15.9. The molecule has 108 valence electrons. The van der Waals surface area contributed by atoms with Crippen molar-refractivity contribution in [1.82, 2.24) is 15.0 Å². The number of ether oxygens (including phenoxy) is 1. The van der Waals surface area contributed by atoms with Gasteiger partial charge in [0.05, 0.1) is 18.8 Å². The van der Waals surface area contributed by atoms with Crippen LogP contribution in [0.2, 0.25) is 0 Å². The van der Waals surface area contributed by atoms with Crippen molar-refractivity contribution >= 4 is 5.97 Å². The van der Waals surface area contributed by atoms with Gasteiger partial charge in [0.1, 0.15) is 0 Å². The predicted octanol–water partition coefficient (Wildman–Crippen LogP) is 1.61. The molecule has 0 amide bonds. The van der Waals surface area contributed by atoms with Crippen LogP contribution in [-0.4, -0.2) is 39.0 Å². The summed E-state index contributed by atoms with van der Waals surface area (Å²) < 4.78 is 40.0. The lowest BCUT2D eigenvalue weighted by Gasteiger charge is -2.06. The molecule has 0 atom stereocenters. The van der Waals surface area contributed by atoms with Gasteiger partial charge in [0.2, 0.25) is 0 Å². The molecule has 0 aliphatic heterocycles. The van der Waals surface area contributed by atoms with Crippen molar-refractivity contribution in [2.24, 2.45) is 0 Å². The number of carbonyl (C=O) groups is 1. The van der Waals surface area contributed by atoms with Crippen molar-refractivity contribution in [2.75, 3.05) is 6.61 Å². The fraction of sp³-hybridized carbons (Fsp3) is 0.700. The van der Waals surface area contributed by atoms with Crippen LogP contribution in [0.4, 0.5) is 13.2 Å². The van der Waals surface area contributed by atoms with Crippen LogP contribution in [0.25, 0.3) is 0 Å². The third kappa shape index (κ3) is 7.39. The maximum Gasteiger partial charge on any atom is 0.522 e. The standard InChI is InChI=1S/C10H14F3N3O3/c11-10(12,13)19-6-5-16-7-8(14-15-16)3-1-2-4-9(17)18/h7H,1-6H2,(H,17,18). The molecule has 0 aliphatic carbocycles. The third-order valence-electron chi connectivity index (χ3n) is 2.25. The Hall–Kier alpha value is -1.64. The lowest BCUT2D eigenvalue weighted by molar-refractivity contribution is -0.325. The van der Waals surface area contributed by atoms with E-state index in [1.807, 2.05) is 0 Å². The molecule has 9 heteroatoms. The van der Waals surface area contributed by atoms with Gasteiger partial charge in [0.25, 0.3) is 0 Å². The molecule has 0 spiro atoms. The number of aliphatic carboxylic acids is 1. The third-order valence-corrected chi connectivity index (χ3v) is 2.25. The summed E-state index contributed by atoms with van der Waals surface area (Å²) in [6, 6.07) is 0. The highest BCUT2D eigenvalue weighted by atomic mass is 19.4. The van der Waals surface area contributed by atoms with Crippen LogP contribution < -0.4 is 0 Å². The number of carboxylic acids is 1. The van der Waals surface area contributed by atoms with Crippen LogP contribution in [-0.2, 0) is 22.5 Å². The summed E-state index contributed by atoms with van der Waals surface area (Å²) in [6.07, 6.45) is -1.30. The fourth-order valence-corrected chi connectivity index (χ4v) is 1.40. The van der Waals surface area contributed by atoms with Gasteiger partial charge in [-0.1, -0.05) is 5.21 Å². The van der Waals surface area contributed by atoms with Gasteiger partial charge in [-0.15, -0.1) is 18.3 Å². The molecule has 0 bridgehead atoms. The molecule has 1 heterocycles. The van der Waals surface area contributed by atoms with Gasteiger partial charge >= 0.3 is 12.3 Å². The summed E-state index contributed by atoms with van der Waals surface area (Å²) in [5.41, 5.74) is 0.623. The highest BCUT2D eigenvalue weighted by Crippen LogP contribution is 2.15. The first-order valence-corrected chi connectivity index (χ1v) is 5.68. The van der Waals surface area contributed by atoms with Crippen LogP contribution in [0.5, 0.6) is 0 Å². The smallest absolute Gasteiger partial charge is 0.481 e. The quantitative estimate of drug-likeness (QED) is 0.732. The highest BCUT2D eigenvalue weighted by Gasteiger charge is 2.28. The van der Waals surface area contributed by atoms with Crippen LogP contribution in [0.15, 0.2) is 6.20 Å². The second-order valence-electron chi connectivity index (χ2n) is 3.87. The van der Waals surface area contributed by atoms with Gasteiger partial charge in [-0.25, -0.2) is 4.68 Å². The normalized spacial score (nSPS) is 11.7. The summed E-state index contributed by atoms with van der Waals surface area (Å²) in [4.78, 5) is 10.3. The molecule has 0 fully saturated rings. The van der Waals surface area contributed by atoms with E-state index in [-0.39, 0.29) is 13.0 Å². The van der Waals surface area contributed by atoms with Crippen molar-refractivity contribution in [3.05, 3.63) is 11.9 Å². The fourth-order valence-electron chi connectivity index (χ4n) is 1.40. The number of rotatable bonds is 8. The zero-order valence-corrected chi connectivity index (χ0v) is 10.1. The van der Waals surface area contributed by atoms with Crippen molar-refractivity contribution in [1.29, 1.82) is 0 Å². The van der Waals surface area contributed by atoms with Gasteiger partial charge < -0.3 is 5.11 Å². The van der Waals surface area contributed by atoms with E-state index in [4.69, 9.17) is 5.11 Å². The summed E-state index contributed by atoms with van der Waals surface area (Å²) in [5.74, 6) is -0.854. The van der Waals surface area contributed by atoms with E-state index in [9.17, 15) is 18.0 Å². The minimum atomic E-state index is -4.64. The van der Waals surface area contributed by atoms with Crippen LogP contribution >= 0.6 is 0 Å². The zero-order chi connectivity index (χ0) is 14.3. The molecule has 0 unspecified atom stereocenters. The van der Waals surface area contributed by atoms with Gasteiger partial charge in [0, 0.05) is 12.6 Å². The number of alkyl halides is 3. The van der Waals surface area contributed by atoms with Crippen LogP contribution in [0.1, 0.15) is 25.0 Å². The molecule has 0 aromatic carbocycles. The maximum absolute atomic E-state index is 11.7. The van der Waals surface area contributed by atoms with Crippen molar-refractivity contribution in [2.45, 2.75) is 38.6 Å². The summed E-state index contributed by atoms with van der Waals surface area (Å²) in [6.45, 7) is -0.563. The zero-order valence-electron chi connectivity index (χ0n) is 10.1. The van der Waals surface area contributed by atoms with Crippen LogP contribution in [0, 0.1) is 0 Å². The number of unbranched alkanes of at least 4 members (excludes halogenated alkanes) is 1. The Morgan fingerprint density at radius 2 is 2.16 bits per heavy atom. The molecule has 1 aromatic heterocycles. The minimum Gasteiger partial charge on any atom is -0.481 e. The van der Waals surface area contributed by atoms with E-state index < -0.39 is 18.9 Å². The topological polar surface area (TPSA) is 77.2 Å². The van der Waals surface area contributed by atoms with Gasteiger partial charge in [0.15, 0.2) is 0 Å². The average Bonchev–Trinajstić information content (AvgIpc) is 2.70. The summed E-state index contributed by atoms with van der Waals surface area (Å²) in [7, 11) is 0. The molecule has 6 nitrogen and oxygen atoms in total. The van der Waals surface area contributed by atoms with E-state index in [0.717, 1.165) is 0 Å². The first-order chi connectivity index (χ1) is 8.87. The molecule has 1 aromatic rings. The largest absolute Gasteiger partial charge is 0.522 e. The Bertz CT molecular complexity index is 406. The second-order valence-corrected chi connectivity index (χ2v) is 3.87. The molecule has 0 saturated heterocycles. The number of hydrogen-bond acceptors (Lipinski definition) is 4. The maximum atomic E-state index is 11.7. The highest BCUT2D eigenvalue weighted by molar-refractivity contribution is 5.66. The Morgan fingerprint density at radius 1 is 1.42 bits per heavy atom. The van der Waals surface area contributed by atoms with Crippen LogP contribution in [0.3, 0.4) is 0 Å². The molecule has 1 N–H and O–H groups in total.